The molecule has 0 amide bonds. The van der Waals surface area contributed by atoms with Crippen molar-refractivity contribution < 1.29 is 15.0 Å². The molecule has 4 rings (SSSR count). The van der Waals surface area contributed by atoms with Crippen molar-refractivity contribution >= 4 is 5.78 Å². The van der Waals surface area contributed by atoms with E-state index >= 15 is 0 Å². The van der Waals surface area contributed by atoms with Gasteiger partial charge in [-0.05, 0) is 68.1 Å². The first kappa shape index (κ1) is 22.1. The maximum atomic E-state index is 13.8. The van der Waals surface area contributed by atoms with Crippen molar-refractivity contribution in [2.45, 2.75) is 40.0 Å². The number of nitrogens with one attached hydrogen (secondary N) is 1. The maximum absolute atomic E-state index is 13.8. The van der Waals surface area contributed by atoms with Gasteiger partial charge in [0.05, 0.1) is 0 Å². The molecule has 0 bridgehead atoms. The summed E-state index contributed by atoms with van der Waals surface area (Å²) >= 11 is 0. The maximum Gasteiger partial charge on any atom is 0.262 e. The van der Waals surface area contributed by atoms with E-state index in [0.29, 0.717) is 28.9 Å². The van der Waals surface area contributed by atoms with E-state index in [2.05, 4.69) is 24.9 Å². The monoisotopic (exact) mass is 433 g/mol. The van der Waals surface area contributed by atoms with Gasteiger partial charge in [0.15, 0.2) is 5.78 Å². The Labute approximate surface area is 188 Å². The van der Waals surface area contributed by atoms with Crippen LogP contribution in [0.15, 0.2) is 59.1 Å². The summed E-state index contributed by atoms with van der Waals surface area (Å²) in [5.74, 6) is 0.391. The van der Waals surface area contributed by atoms with Crippen molar-refractivity contribution in [1.82, 2.24) is 4.98 Å². The summed E-state index contributed by atoms with van der Waals surface area (Å²) < 4.78 is 0. The average Bonchev–Trinajstić information content (AvgIpc) is 2.76. The van der Waals surface area contributed by atoms with Crippen LogP contribution in [0.3, 0.4) is 0 Å². The normalized spacial score (nSPS) is 27.7. The Bertz CT molecular complexity index is 1130. The average molecular weight is 434 g/mol. The molecule has 2 aromatic rings. The van der Waals surface area contributed by atoms with Crippen molar-refractivity contribution in [2.24, 2.45) is 29.6 Å². The number of H-pyrrole nitrogens is 1. The molecule has 1 aromatic heterocycles. The molecule has 2 aliphatic carbocycles. The van der Waals surface area contributed by atoms with E-state index in [1.807, 2.05) is 19.1 Å². The lowest BCUT2D eigenvalue weighted by atomic mass is 9.59. The highest BCUT2D eigenvalue weighted by Crippen LogP contribution is 2.49. The molecule has 1 fully saturated rings. The number of phenolic OH excluding ortho intramolecular Hbond substituents is 1. The number of aromatic nitrogens is 1. The fourth-order valence-electron chi connectivity index (χ4n) is 5.71. The summed E-state index contributed by atoms with van der Waals surface area (Å²) in [4.78, 5) is 29.1. The second-order valence-electron chi connectivity index (χ2n) is 9.39. The summed E-state index contributed by atoms with van der Waals surface area (Å²) in [7, 11) is 0. The minimum atomic E-state index is -0.584. The number of pyridine rings is 1. The van der Waals surface area contributed by atoms with Gasteiger partial charge in [0.1, 0.15) is 17.1 Å². The van der Waals surface area contributed by atoms with Crippen molar-refractivity contribution in [3.05, 3.63) is 70.2 Å². The molecule has 1 saturated carbocycles. The van der Waals surface area contributed by atoms with Gasteiger partial charge in [-0.15, -0.1) is 0 Å². The minimum Gasteiger partial charge on any atom is -0.508 e. The van der Waals surface area contributed by atoms with Gasteiger partial charge in [-0.25, -0.2) is 0 Å². The molecule has 32 heavy (non-hydrogen) atoms. The van der Waals surface area contributed by atoms with E-state index in [1.54, 1.807) is 12.1 Å². The minimum absolute atomic E-state index is 0.0000727. The number of ketones is 1. The number of rotatable bonds is 4. The van der Waals surface area contributed by atoms with E-state index in [4.69, 9.17) is 0 Å². The molecule has 0 radical (unpaired) electrons. The Morgan fingerprint density at radius 2 is 1.88 bits per heavy atom. The van der Waals surface area contributed by atoms with E-state index < -0.39 is 11.5 Å². The predicted molar refractivity (Wildman–Crippen MR) is 126 cm³/mol. The number of carbonyl (C=O) groups excluding carboxylic acids is 1. The Balaban J connectivity index is 1.79. The zero-order valence-corrected chi connectivity index (χ0v) is 18.8. The van der Waals surface area contributed by atoms with Crippen LogP contribution in [0.4, 0.5) is 0 Å². The van der Waals surface area contributed by atoms with Crippen molar-refractivity contribution in [3.8, 4) is 22.6 Å². The van der Waals surface area contributed by atoms with E-state index in [9.17, 15) is 19.8 Å². The van der Waals surface area contributed by atoms with Gasteiger partial charge in [0.25, 0.3) is 5.56 Å². The number of aromatic hydroxyl groups is 2. The van der Waals surface area contributed by atoms with Crippen LogP contribution in [0.2, 0.25) is 0 Å². The summed E-state index contributed by atoms with van der Waals surface area (Å²) in [6, 6.07) is 6.28. The highest BCUT2D eigenvalue weighted by atomic mass is 16.3. The molecule has 0 aliphatic heterocycles. The number of Topliss-reactive ketones (excluding diaryl/α,β-unsaturated/α-hetero) is 1. The van der Waals surface area contributed by atoms with E-state index in [1.165, 1.54) is 30.3 Å². The molecule has 5 nitrogen and oxygen atoms in total. The Morgan fingerprint density at radius 3 is 2.56 bits per heavy atom. The summed E-state index contributed by atoms with van der Waals surface area (Å²) in [5, 5.41) is 20.6. The Kier molecular flexibility index (Phi) is 6.09. The Hall–Kier alpha value is -3.08. The zero-order valence-electron chi connectivity index (χ0n) is 18.8. The van der Waals surface area contributed by atoms with Crippen molar-refractivity contribution in [3.63, 3.8) is 0 Å². The van der Waals surface area contributed by atoms with Crippen LogP contribution in [-0.2, 0) is 0 Å². The van der Waals surface area contributed by atoms with Crippen LogP contribution in [0.1, 0.15) is 50.4 Å². The van der Waals surface area contributed by atoms with Gasteiger partial charge >= 0.3 is 0 Å². The lowest BCUT2D eigenvalue weighted by Gasteiger charge is -2.45. The molecule has 2 aliphatic rings. The number of phenols is 1. The molecule has 168 valence electrons. The van der Waals surface area contributed by atoms with Crippen molar-refractivity contribution in [2.75, 3.05) is 0 Å². The van der Waals surface area contributed by atoms with Crippen LogP contribution >= 0.6 is 0 Å². The van der Waals surface area contributed by atoms with Gasteiger partial charge in [0, 0.05) is 17.7 Å². The zero-order chi connectivity index (χ0) is 23.0. The van der Waals surface area contributed by atoms with Gasteiger partial charge < -0.3 is 15.2 Å². The topological polar surface area (TPSA) is 90.4 Å². The van der Waals surface area contributed by atoms with E-state index in [-0.39, 0.29) is 28.8 Å². The highest BCUT2D eigenvalue weighted by molar-refractivity contribution is 6.03. The van der Waals surface area contributed by atoms with Crippen molar-refractivity contribution in [1.29, 1.82) is 0 Å². The molecule has 1 aromatic carbocycles. The highest BCUT2D eigenvalue weighted by Gasteiger charge is 2.43. The molecule has 0 spiro atoms. The third kappa shape index (κ3) is 3.92. The number of hydrogen-bond donors (Lipinski definition) is 3. The van der Waals surface area contributed by atoms with Gasteiger partial charge in [-0.3, -0.25) is 9.59 Å². The summed E-state index contributed by atoms with van der Waals surface area (Å²) in [6.07, 6.45) is 10.9. The van der Waals surface area contributed by atoms with E-state index in [0.717, 1.165) is 12.8 Å². The third-order valence-corrected chi connectivity index (χ3v) is 7.31. The van der Waals surface area contributed by atoms with Crippen LogP contribution in [0.5, 0.6) is 11.5 Å². The molecule has 5 heteroatoms. The largest absolute Gasteiger partial charge is 0.508 e. The van der Waals surface area contributed by atoms with Crippen LogP contribution in [0, 0.1) is 29.6 Å². The lowest BCUT2D eigenvalue weighted by Crippen LogP contribution is -2.40. The van der Waals surface area contributed by atoms with Gasteiger partial charge in [-0.1, -0.05) is 49.3 Å². The molecule has 0 saturated heterocycles. The standard InChI is InChI=1S/C27H31NO4/c1-4-5-20-21-12-15(2)6-11-19(21)16(3)13-22(20)25(30)24-26(31)23(14-28-27(24)32)17-7-9-18(29)10-8-17/h4-5,7-10,13-15,19-22,29H,6,11-12H2,1-3H3,(H2,28,31,32)/t15-,19+,20+,21-,22+/m0/s1. The fourth-order valence-corrected chi connectivity index (χ4v) is 5.71. The van der Waals surface area contributed by atoms with Crippen LogP contribution in [-0.4, -0.2) is 21.0 Å². The number of fused-ring (bicyclic) bond motifs is 1. The quantitative estimate of drug-likeness (QED) is 0.441. The molecule has 0 unspecified atom stereocenters. The molecule has 1 heterocycles. The SMILES string of the molecule is CC=C[C@@H]1[C@H]2C[C@@H](C)CC[C@@H]2C(C)=C[C@H]1C(=O)c1c(O)c(-c2ccc(O)cc2)c[nH]c1=O. The molecular weight excluding hydrogens is 402 g/mol. The van der Waals surface area contributed by atoms with Crippen LogP contribution < -0.4 is 5.56 Å². The number of benzene rings is 1. The second kappa shape index (κ2) is 8.81. The molecule has 3 N–H and O–H groups in total. The molecular formula is C27H31NO4. The number of aromatic amines is 1. The number of hydrogen-bond acceptors (Lipinski definition) is 4. The van der Waals surface area contributed by atoms with Gasteiger partial charge in [-0.2, -0.15) is 0 Å². The Morgan fingerprint density at radius 1 is 1.16 bits per heavy atom. The fraction of sp³-hybridized carbons (Fsp3) is 0.407. The predicted octanol–water partition coefficient (Wildman–Crippen LogP) is 5.46. The second-order valence-corrected chi connectivity index (χ2v) is 9.39. The smallest absolute Gasteiger partial charge is 0.262 e. The first-order chi connectivity index (χ1) is 15.3. The number of allylic oxidation sites excluding steroid dienone is 4. The lowest BCUT2D eigenvalue weighted by molar-refractivity contribution is 0.0803. The third-order valence-electron chi connectivity index (χ3n) is 7.31. The number of carbonyl (C=O) groups is 1. The summed E-state index contributed by atoms with van der Waals surface area (Å²) in [5.41, 5.74) is 1.40. The van der Waals surface area contributed by atoms with Gasteiger partial charge in [0.2, 0.25) is 0 Å². The first-order valence-corrected chi connectivity index (χ1v) is 11.4. The van der Waals surface area contributed by atoms with Crippen LogP contribution in [0.25, 0.3) is 11.1 Å². The first-order valence-electron chi connectivity index (χ1n) is 11.4. The summed E-state index contributed by atoms with van der Waals surface area (Å²) in [6.45, 7) is 6.32. The molecule has 5 atom stereocenters.